The first kappa shape index (κ1) is 13.8. The highest BCUT2D eigenvalue weighted by Gasteiger charge is 2.17. The number of furan rings is 1. The Morgan fingerprint density at radius 2 is 1.74 bits per heavy atom. The first-order chi connectivity index (χ1) is 9.17. The second kappa shape index (κ2) is 5.99. The topological polar surface area (TPSA) is 43.6 Å². The summed E-state index contributed by atoms with van der Waals surface area (Å²) in [6.07, 6.45) is 0. The Labute approximate surface area is 117 Å². The van der Waals surface area contributed by atoms with Crippen molar-refractivity contribution in [3.05, 3.63) is 46.9 Å². The molecule has 0 fully saturated rings. The molecule has 2 aromatic rings. The van der Waals surface area contributed by atoms with Crippen LogP contribution >= 0.6 is 11.6 Å². The molecule has 0 radical (unpaired) electrons. The number of benzene rings is 1. The number of methoxy groups -OCH3 is 2. The van der Waals surface area contributed by atoms with E-state index in [1.54, 1.807) is 20.3 Å². The van der Waals surface area contributed by atoms with E-state index in [1.165, 1.54) is 0 Å². The van der Waals surface area contributed by atoms with Gasteiger partial charge in [-0.2, -0.15) is 0 Å². The summed E-state index contributed by atoms with van der Waals surface area (Å²) in [5.41, 5.74) is 0.977. The molecule has 0 aliphatic heterocycles. The fourth-order valence-corrected chi connectivity index (χ4v) is 2.10. The van der Waals surface area contributed by atoms with Crippen LogP contribution in [0.5, 0.6) is 11.5 Å². The average molecular weight is 282 g/mol. The zero-order chi connectivity index (χ0) is 13.8. The molecule has 5 heteroatoms. The van der Waals surface area contributed by atoms with Crippen LogP contribution in [0.3, 0.4) is 0 Å². The third-order valence-electron chi connectivity index (χ3n) is 2.87. The Kier molecular flexibility index (Phi) is 4.35. The van der Waals surface area contributed by atoms with Crippen LogP contribution in [0, 0.1) is 0 Å². The number of ether oxygens (including phenoxy) is 2. The first-order valence-electron chi connectivity index (χ1n) is 5.83. The van der Waals surface area contributed by atoms with E-state index in [0.29, 0.717) is 5.22 Å². The fraction of sp³-hybridized carbons (Fsp3) is 0.286. The smallest absolute Gasteiger partial charge is 0.193 e. The van der Waals surface area contributed by atoms with Crippen LogP contribution in [0.15, 0.2) is 34.7 Å². The van der Waals surface area contributed by atoms with Gasteiger partial charge in [0.2, 0.25) is 0 Å². The second-order valence-corrected chi connectivity index (χ2v) is 4.38. The predicted octanol–water partition coefficient (Wildman–Crippen LogP) is 3.26. The zero-order valence-electron chi connectivity index (χ0n) is 11.1. The van der Waals surface area contributed by atoms with E-state index in [0.717, 1.165) is 22.8 Å². The van der Waals surface area contributed by atoms with Crippen LogP contribution in [-0.4, -0.2) is 21.3 Å². The van der Waals surface area contributed by atoms with Gasteiger partial charge < -0.3 is 19.2 Å². The molecular weight excluding hydrogens is 266 g/mol. The highest BCUT2D eigenvalue weighted by atomic mass is 35.5. The predicted molar refractivity (Wildman–Crippen MR) is 74.2 cm³/mol. The number of rotatable bonds is 5. The minimum Gasteiger partial charge on any atom is -0.497 e. The Balaban J connectivity index is 2.42. The number of hydrogen-bond acceptors (Lipinski definition) is 4. The highest BCUT2D eigenvalue weighted by molar-refractivity contribution is 6.28. The van der Waals surface area contributed by atoms with E-state index in [-0.39, 0.29) is 6.04 Å². The Morgan fingerprint density at radius 1 is 1.11 bits per heavy atom. The van der Waals surface area contributed by atoms with Gasteiger partial charge in [-0.3, -0.25) is 0 Å². The monoisotopic (exact) mass is 281 g/mol. The van der Waals surface area contributed by atoms with Gasteiger partial charge in [0.1, 0.15) is 17.3 Å². The summed E-state index contributed by atoms with van der Waals surface area (Å²) in [4.78, 5) is 0. The Bertz CT molecular complexity index is 531. The molecule has 0 spiro atoms. The molecule has 0 aliphatic rings. The lowest BCUT2D eigenvalue weighted by atomic mass is 10.0. The Hall–Kier alpha value is -1.65. The molecule has 1 aromatic heterocycles. The fourth-order valence-electron chi connectivity index (χ4n) is 1.95. The quantitative estimate of drug-likeness (QED) is 0.914. The van der Waals surface area contributed by atoms with E-state index >= 15 is 0 Å². The number of hydrogen-bond donors (Lipinski definition) is 1. The Morgan fingerprint density at radius 3 is 2.16 bits per heavy atom. The van der Waals surface area contributed by atoms with Gasteiger partial charge in [-0.15, -0.1) is 0 Å². The van der Waals surface area contributed by atoms with Gasteiger partial charge in [0.05, 0.1) is 20.3 Å². The summed E-state index contributed by atoms with van der Waals surface area (Å²) >= 11 is 5.82. The van der Waals surface area contributed by atoms with Crippen molar-refractivity contribution in [2.24, 2.45) is 0 Å². The van der Waals surface area contributed by atoms with E-state index in [4.69, 9.17) is 25.5 Å². The summed E-state index contributed by atoms with van der Waals surface area (Å²) in [6.45, 7) is 0. The molecule has 0 aliphatic carbocycles. The maximum absolute atomic E-state index is 5.82. The van der Waals surface area contributed by atoms with E-state index in [2.05, 4.69) is 5.32 Å². The van der Waals surface area contributed by atoms with Crippen LogP contribution in [0.25, 0.3) is 0 Å². The largest absolute Gasteiger partial charge is 0.497 e. The molecule has 1 N–H and O–H groups in total. The van der Waals surface area contributed by atoms with Gasteiger partial charge in [-0.05, 0) is 48.5 Å². The molecule has 0 saturated carbocycles. The normalized spacial score (nSPS) is 12.2. The standard InChI is InChI=1S/C14H16ClNO3/c1-16-14(12-4-5-13(15)19-12)9-6-10(17-2)8-11(7-9)18-3/h4-8,14,16H,1-3H3. The molecule has 2 rings (SSSR count). The molecule has 1 unspecified atom stereocenters. The minimum atomic E-state index is -0.114. The lowest BCUT2D eigenvalue weighted by Gasteiger charge is -2.16. The number of halogens is 1. The van der Waals surface area contributed by atoms with Crippen molar-refractivity contribution in [2.75, 3.05) is 21.3 Å². The van der Waals surface area contributed by atoms with Gasteiger partial charge in [0.15, 0.2) is 5.22 Å². The van der Waals surface area contributed by atoms with E-state index in [1.807, 2.05) is 31.3 Å². The zero-order valence-corrected chi connectivity index (χ0v) is 11.8. The first-order valence-corrected chi connectivity index (χ1v) is 6.21. The second-order valence-electron chi connectivity index (χ2n) is 4.01. The van der Waals surface area contributed by atoms with Crippen molar-refractivity contribution in [2.45, 2.75) is 6.04 Å². The van der Waals surface area contributed by atoms with Crippen molar-refractivity contribution in [1.29, 1.82) is 0 Å². The molecule has 4 nitrogen and oxygen atoms in total. The van der Waals surface area contributed by atoms with Gasteiger partial charge >= 0.3 is 0 Å². The van der Waals surface area contributed by atoms with Gasteiger partial charge in [0.25, 0.3) is 0 Å². The minimum absolute atomic E-state index is 0.114. The summed E-state index contributed by atoms with van der Waals surface area (Å²) in [7, 11) is 5.10. The van der Waals surface area contributed by atoms with E-state index < -0.39 is 0 Å². The molecule has 1 atom stereocenters. The third kappa shape index (κ3) is 3.03. The summed E-state index contributed by atoms with van der Waals surface area (Å²) in [5.74, 6) is 2.20. The molecule has 19 heavy (non-hydrogen) atoms. The molecule has 0 saturated heterocycles. The average Bonchev–Trinajstić information content (AvgIpc) is 2.85. The molecule has 0 bridgehead atoms. The molecular formula is C14H16ClNO3. The van der Waals surface area contributed by atoms with Crippen LogP contribution in [0.4, 0.5) is 0 Å². The summed E-state index contributed by atoms with van der Waals surface area (Å²) in [5, 5.41) is 3.55. The van der Waals surface area contributed by atoms with E-state index in [9.17, 15) is 0 Å². The molecule has 1 aromatic carbocycles. The van der Waals surface area contributed by atoms with Gasteiger partial charge in [0, 0.05) is 6.07 Å². The van der Waals surface area contributed by atoms with Crippen molar-refractivity contribution in [3.63, 3.8) is 0 Å². The maximum Gasteiger partial charge on any atom is 0.193 e. The van der Waals surface area contributed by atoms with Gasteiger partial charge in [-0.25, -0.2) is 0 Å². The van der Waals surface area contributed by atoms with Crippen molar-refractivity contribution in [3.8, 4) is 11.5 Å². The highest BCUT2D eigenvalue weighted by Crippen LogP contribution is 2.31. The van der Waals surface area contributed by atoms with Crippen LogP contribution in [0.2, 0.25) is 5.22 Å². The van der Waals surface area contributed by atoms with Crippen molar-refractivity contribution < 1.29 is 13.9 Å². The summed E-state index contributed by atoms with van der Waals surface area (Å²) < 4.78 is 16.0. The number of nitrogens with one attached hydrogen (secondary N) is 1. The van der Waals surface area contributed by atoms with Crippen molar-refractivity contribution in [1.82, 2.24) is 5.32 Å². The third-order valence-corrected chi connectivity index (χ3v) is 3.08. The van der Waals surface area contributed by atoms with Crippen LogP contribution in [-0.2, 0) is 0 Å². The molecule has 0 amide bonds. The van der Waals surface area contributed by atoms with Crippen LogP contribution < -0.4 is 14.8 Å². The maximum atomic E-state index is 5.82. The molecule has 102 valence electrons. The lowest BCUT2D eigenvalue weighted by Crippen LogP contribution is -2.17. The molecule has 1 heterocycles. The lowest BCUT2D eigenvalue weighted by molar-refractivity contribution is 0.391. The SMILES string of the molecule is CNC(c1cc(OC)cc(OC)c1)c1ccc(Cl)o1. The van der Waals surface area contributed by atoms with Crippen molar-refractivity contribution >= 4 is 11.6 Å². The van der Waals surface area contributed by atoms with Gasteiger partial charge in [-0.1, -0.05) is 0 Å². The summed E-state index contributed by atoms with van der Waals surface area (Å²) in [6, 6.07) is 9.14. The van der Waals surface area contributed by atoms with Crippen LogP contribution in [0.1, 0.15) is 17.4 Å².